The van der Waals surface area contributed by atoms with Crippen molar-refractivity contribution in [2.24, 2.45) is 0 Å². The van der Waals surface area contributed by atoms with E-state index in [4.69, 9.17) is 24.1 Å². The second-order valence-corrected chi connectivity index (χ2v) is 5.73. The molecule has 4 unspecified atom stereocenters. The number of aliphatic hydroxyl groups excluding tert-OH is 5. The lowest BCUT2D eigenvalue weighted by atomic mass is 10.00. The van der Waals surface area contributed by atoms with Crippen LogP contribution in [0.15, 0.2) is 0 Å². The minimum Gasteiger partial charge on any atom is -0.394 e. The highest BCUT2D eigenvalue weighted by Gasteiger charge is 2.43. The smallest absolute Gasteiger partial charge is 0.161 e. The molecular weight excluding hydrogens is 312 g/mol. The molecule has 5 N–H and O–H groups in total. The molecule has 0 aromatic rings. The van der Waals surface area contributed by atoms with Crippen LogP contribution in [-0.2, 0) is 18.9 Å². The Morgan fingerprint density at radius 2 is 1.52 bits per heavy atom. The SMILES string of the molecule is CCOC1C[C@@H](O)[C@H](O[C@@H]2CC(O)[C@H](O)C(CO)O2)C(CO)O1. The van der Waals surface area contributed by atoms with E-state index in [1.165, 1.54) is 0 Å². The van der Waals surface area contributed by atoms with E-state index in [9.17, 15) is 20.4 Å². The van der Waals surface area contributed by atoms with Crippen molar-refractivity contribution in [3.05, 3.63) is 0 Å². The molecule has 0 aromatic carbocycles. The largest absolute Gasteiger partial charge is 0.394 e. The summed E-state index contributed by atoms with van der Waals surface area (Å²) < 4.78 is 21.8. The Morgan fingerprint density at radius 3 is 2.13 bits per heavy atom. The molecule has 136 valence electrons. The van der Waals surface area contributed by atoms with Crippen molar-refractivity contribution in [2.45, 2.75) is 69.0 Å². The summed E-state index contributed by atoms with van der Waals surface area (Å²) in [5.41, 5.74) is 0. The van der Waals surface area contributed by atoms with Crippen molar-refractivity contribution >= 4 is 0 Å². The van der Waals surface area contributed by atoms with E-state index in [1.807, 2.05) is 0 Å². The Balaban J connectivity index is 1.97. The average Bonchev–Trinajstić information content (AvgIpc) is 2.53. The number of hydrogen-bond acceptors (Lipinski definition) is 9. The third-order valence-corrected chi connectivity index (χ3v) is 4.06. The highest BCUT2D eigenvalue weighted by Crippen LogP contribution is 2.28. The second-order valence-electron chi connectivity index (χ2n) is 5.73. The normalized spacial score (nSPS) is 45.1. The van der Waals surface area contributed by atoms with Gasteiger partial charge in [0.05, 0.1) is 25.4 Å². The molecule has 2 heterocycles. The fourth-order valence-corrected chi connectivity index (χ4v) is 2.85. The number of hydrogen-bond donors (Lipinski definition) is 5. The van der Waals surface area contributed by atoms with Crippen molar-refractivity contribution in [2.75, 3.05) is 19.8 Å². The van der Waals surface area contributed by atoms with Gasteiger partial charge in [-0.3, -0.25) is 0 Å². The topological polar surface area (TPSA) is 138 Å². The molecule has 2 aliphatic rings. The standard InChI is InChI=1S/C14H26O9/c1-2-20-11-4-8(18)14(10(6-16)22-11)23-12-3-7(17)13(19)9(5-15)21-12/h7-19H,2-6H2,1H3/t7?,8-,9?,10?,11?,12-,13+,14+/m1/s1. The summed E-state index contributed by atoms with van der Waals surface area (Å²) in [6.07, 6.45) is -7.33. The van der Waals surface area contributed by atoms with Crippen LogP contribution in [-0.4, -0.2) is 94.6 Å². The quantitative estimate of drug-likeness (QED) is 0.362. The lowest BCUT2D eigenvalue weighted by Crippen LogP contribution is -2.56. The van der Waals surface area contributed by atoms with Crippen LogP contribution in [0.25, 0.3) is 0 Å². The van der Waals surface area contributed by atoms with Crippen molar-refractivity contribution in [3.63, 3.8) is 0 Å². The van der Waals surface area contributed by atoms with Gasteiger partial charge in [-0.25, -0.2) is 0 Å². The monoisotopic (exact) mass is 338 g/mol. The van der Waals surface area contributed by atoms with Gasteiger partial charge in [0, 0.05) is 19.4 Å². The number of ether oxygens (including phenoxy) is 4. The number of aliphatic hydroxyl groups is 5. The third-order valence-electron chi connectivity index (χ3n) is 4.06. The van der Waals surface area contributed by atoms with Gasteiger partial charge >= 0.3 is 0 Å². The number of rotatable bonds is 6. The zero-order valence-electron chi connectivity index (χ0n) is 13.0. The Hall–Kier alpha value is -0.360. The highest BCUT2D eigenvalue weighted by atomic mass is 16.7. The first-order valence-corrected chi connectivity index (χ1v) is 7.84. The molecule has 8 atom stereocenters. The van der Waals surface area contributed by atoms with E-state index in [1.54, 1.807) is 6.92 Å². The van der Waals surface area contributed by atoms with Gasteiger partial charge in [-0.05, 0) is 6.92 Å². The van der Waals surface area contributed by atoms with Crippen LogP contribution in [0.3, 0.4) is 0 Å². The van der Waals surface area contributed by atoms with Gasteiger partial charge in [-0.15, -0.1) is 0 Å². The molecule has 2 rings (SSSR count). The summed E-state index contributed by atoms with van der Waals surface area (Å²) in [7, 11) is 0. The van der Waals surface area contributed by atoms with Gasteiger partial charge < -0.3 is 44.5 Å². The highest BCUT2D eigenvalue weighted by molar-refractivity contribution is 4.87. The zero-order chi connectivity index (χ0) is 17.0. The zero-order valence-corrected chi connectivity index (χ0v) is 13.0. The fraction of sp³-hybridized carbons (Fsp3) is 1.00. The molecule has 9 nitrogen and oxygen atoms in total. The first kappa shape index (κ1) is 19.0. The van der Waals surface area contributed by atoms with Crippen LogP contribution in [0.1, 0.15) is 19.8 Å². The molecule has 0 radical (unpaired) electrons. The molecule has 0 aliphatic carbocycles. The molecule has 23 heavy (non-hydrogen) atoms. The van der Waals surface area contributed by atoms with Gasteiger partial charge in [-0.2, -0.15) is 0 Å². The summed E-state index contributed by atoms with van der Waals surface area (Å²) in [5.74, 6) is 0. The maximum atomic E-state index is 10.2. The van der Waals surface area contributed by atoms with E-state index in [2.05, 4.69) is 0 Å². The molecule has 0 aromatic heterocycles. The van der Waals surface area contributed by atoms with Gasteiger partial charge in [0.25, 0.3) is 0 Å². The maximum absolute atomic E-state index is 10.2. The van der Waals surface area contributed by atoms with E-state index in [-0.39, 0.29) is 19.4 Å². The molecule has 2 aliphatic heterocycles. The lowest BCUT2D eigenvalue weighted by molar-refractivity contribution is -0.320. The first-order chi connectivity index (χ1) is 11.0. The predicted octanol–water partition coefficient (Wildman–Crippen LogP) is -2.29. The average molecular weight is 338 g/mol. The summed E-state index contributed by atoms with van der Waals surface area (Å²) in [5, 5.41) is 48.3. The molecule has 2 saturated heterocycles. The Bertz CT molecular complexity index is 355. The summed E-state index contributed by atoms with van der Waals surface area (Å²) in [6, 6.07) is 0. The van der Waals surface area contributed by atoms with E-state index >= 15 is 0 Å². The Morgan fingerprint density at radius 1 is 0.913 bits per heavy atom. The summed E-state index contributed by atoms with van der Waals surface area (Å²) in [4.78, 5) is 0. The van der Waals surface area contributed by atoms with E-state index in [0.29, 0.717) is 6.61 Å². The third kappa shape index (κ3) is 4.59. The van der Waals surface area contributed by atoms with Crippen molar-refractivity contribution in [1.82, 2.24) is 0 Å². The molecule has 2 fully saturated rings. The van der Waals surface area contributed by atoms with Gasteiger partial charge in [0.15, 0.2) is 12.6 Å². The van der Waals surface area contributed by atoms with E-state index < -0.39 is 55.8 Å². The Kier molecular flexibility index (Phi) is 7.14. The van der Waals surface area contributed by atoms with Crippen LogP contribution in [0.5, 0.6) is 0 Å². The summed E-state index contributed by atoms with van der Waals surface area (Å²) in [6.45, 7) is 1.35. The maximum Gasteiger partial charge on any atom is 0.161 e. The lowest BCUT2D eigenvalue weighted by Gasteiger charge is -2.42. The predicted molar refractivity (Wildman–Crippen MR) is 75.2 cm³/mol. The van der Waals surface area contributed by atoms with Gasteiger partial charge in [0.2, 0.25) is 0 Å². The van der Waals surface area contributed by atoms with Crippen LogP contribution in [0.4, 0.5) is 0 Å². The van der Waals surface area contributed by atoms with Gasteiger partial charge in [0.1, 0.15) is 24.4 Å². The Labute approximate surface area is 134 Å². The van der Waals surface area contributed by atoms with Crippen molar-refractivity contribution in [1.29, 1.82) is 0 Å². The fourth-order valence-electron chi connectivity index (χ4n) is 2.85. The van der Waals surface area contributed by atoms with Crippen LogP contribution in [0, 0.1) is 0 Å². The van der Waals surface area contributed by atoms with Crippen LogP contribution in [0.2, 0.25) is 0 Å². The molecule has 0 spiro atoms. The molecule has 9 heteroatoms. The molecule has 0 bridgehead atoms. The molecule has 0 saturated carbocycles. The second kappa shape index (κ2) is 8.65. The van der Waals surface area contributed by atoms with E-state index in [0.717, 1.165) is 0 Å². The van der Waals surface area contributed by atoms with Crippen molar-refractivity contribution in [3.8, 4) is 0 Å². The molecular formula is C14H26O9. The van der Waals surface area contributed by atoms with Crippen molar-refractivity contribution < 1.29 is 44.5 Å². The first-order valence-electron chi connectivity index (χ1n) is 7.84. The summed E-state index contributed by atoms with van der Waals surface area (Å²) >= 11 is 0. The molecule has 0 amide bonds. The van der Waals surface area contributed by atoms with Gasteiger partial charge in [-0.1, -0.05) is 0 Å². The minimum absolute atomic E-state index is 0.0199. The minimum atomic E-state index is -1.21. The van der Waals surface area contributed by atoms with Crippen LogP contribution >= 0.6 is 0 Å². The van der Waals surface area contributed by atoms with Crippen LogP contribution < -0.4 is 0 Å².